The van der Waals surface area contributed by atoms with Gasteiger partial charge in [-0.25, -0.2) is 0 Å². The molecule has 0 saturated heterocycles. The van der Waals surface area contributed by atoms with Crippen molar-refractivity contribution in [3.05, 3.63) is 57.9 Å². The summed E-state index contributed by atoms with van der Waals surface area (Å²) in [5.74, 6) is 0.476. The van der Waals surface area contributed by atoms with Gasteiger partial charge in [0.15, 0.2) is 0 Å². The van der Waals surface area contributed by atoms with Crippen LogP contribution in [0.5, 0.6) is 5.75 Å². The first kappa shape index (κ1) is 16.4. The topological polar surface area (TPSA) is 64.1 Å². The molecule has 1 heterocycles. The van der Waals surface area contributed by atoms with Gasteiger partial charge in [-0.3, -0.25) is 4.79 Å². The molecule has 0 fully saturated rings. The molecule has 3 aromatic rings. The number of hydrogen-bond acceptors (Lipinski definition) is 5. The third-order valence-corrected chi connectivity index (χ3v) is 4.47. The van der Waals surface area contributed by atoms with E-state index in [1.807, 2.05) is 37.3 Å². The Morgan fingerprint density at radius 2 is 1.96 bits per heavy atom. The average Bonchev–Trinajstić information content (AvgIpc) is 3.08. The molecule has 1 N–H and O–H groups in total. The van der Waals surface area contributed by atoms with E-state index in [9.17, 15) is 4.79 Å². The van der Waals surface area contributed by atoms with Crippen molar-refractivity contribution in [2.24, 2.45) is 0 Å². The number of rotatable bonds is 4. The van der Waals surface area contributed by atoms with Gasteiger partial charge in [-0.2, -0.15) is 0 Å². The first-order chi connectivity index (χ1) is 11.6. The highest BCUT2D eigenvalue weighted by atomic mass is 35.5. The van der Waals surface area contributed by atoms with Crippen molar-refractivity contribution in [1.82, 2.24) is 9.59 Å². The lowest BCUT2D eigenvalue weighted by molar-refractivity contribution is 0.103. The van der Waals surface area contributed by atoms with Crippen molar-refractivity contribution in [2.75, 3.05) is 12.4 Å². The van der Waals surface area contributed by atoms with Crippen LogP contribution in [-0.2, 0) is 0 Å². The maximum atomic E-state index is 12.6. The summed E-state index contributed by atoms with van der Waals surface area (Å²) < 4.78 is 9.06. The molecule has 0 aliphatic carbocycles. The molecule has 0 saturated carbocycles. The molecular weight excluding hydrogens is 346 g/mol. The fourth-order valence-corrected chi connectivity index (χ4v) is 2.94. The van der Waals surface area contributed by atoms with Crippen LogP contribution in [0.2, 0.25) is 5.02 Å². The minimum Gasteiger partial charge on any atom is -0.497 e. The molecule has 0 atom stereocenters. The zero-order valence-electron chi connectivity index (χ0n) is 13.0. The van der Waals surface area contributed by atoms with Gasteiger partial charge in [0.05, 0.1) is 7.11 Å². The highest BCUT2D eigenvalue weighted by Gasteiger charge is 2.18. The lowest BCUT2D eigenvalue weighted by atomic mass is 10.1. The number of methoxy groups -OCH3 is 1. The fourth-order valence-electron chi connectivity index (χ4n) is 2.19. The Bertz CT molecular complexity index is 878. The average molecular weight is 360 g/mol. The lowest BCUT2D eigenvalue weighted by Gasteiger charge is -2.08. The zero-order valence-corrected chi connectivity index (χ0v) is 14.6. The molecule has 0 bridgehead atoms. The summed E-state index contributed by atoms with van der Waals surface area (Å²) in [5.41, 5.74) is 2.94. The zero-order chi connectivity index (χ0) is 17.1. The lowest BCUT2D eigenvalue weighted by Crippen LogP contribution is -2.12. The third-order valence-electron chi connectivity index (χ3n) is 3.51. The minimum absolute atomic E-state index is 0.263. The van der Waals surface area contributed by atoms with Crippen LogP contribution in [-0.4, -0.2) is 22.6 Å². The van der Waals surface area contributed by atoms with Crippen molar-refractivity contribution in [3.8, 4) is 17.0 Å². The van der Waals surface area contributed by atoms with Crippen LogP contribution in [0, 0.1) is 6.92 Å². The summed E-state index contributed by atoms with van der Waals surface area (Å²) in [6.45, 7) is 1.90. The van der Waals surface area contributed by atoms with Crippen LogP contribution in [0.1, 0.15) is 15.2 Å². The van der Waals surface area contributed by atoms with Gasteiger partial charge in [0.25, 0.3) is 5.91 Å². The Kier molecular flexibility index (Phi) is 4.78. The number of benzene rings is 2. The number of aryl methyl sites for hydroxylation is 1. The number of ether oxygens (including phenoxy) is 1. The molecule has 0 unspecified atom stereocenters. The molecule has 122 valence electrons. The molecule has 24 heavy (non-hydrogen) atoms. The summed E-state index contributed by atoms with van der Waals surface area (Å²) in [6, 6.07) is 12.7. The molecule has 2 aromatic carbocycles. The second kappa shape index (κ2) is 6.98. The fraction of sp³-hybridized carbons (Fsp3) is 0.118. The molecule has 5 nitrogen and oxygen atoms in total. The second-order valence-corrected chi connectivity index (χ2v) is 6.28. The Morgan fingerprint density at radius 1 is 1.21 bits per heavy atom. The Hall–Kier alpha value is -2.44. The largest absolute Gasteiger partial charge is 0.497 e. The van der Waals surface area contributed by atoms with Crippen LogP contribution in [0.25, 0.3) is 11.3 Å². The van der Waals surface area contributed by atoms with E-state index in [0.717, 1.165) is 28.4 Å². The first-order valence-corrected chi connectivity index (χ1v) is 8.28. The van der Waals surface area contributed by atoms with E-state index in [1.165, 1.54) is 0 Å². The van der Waals surface area contributed by atoms with E-state index in [0.29, 0.717) is 21.3 Å². The molecule has 1 amide bonds. The summed E-state index contributed by atoms with van der Waals surface area (Å²) in [4.78, 5) is 13.1. The number of anilines is 1. The smallest absolute Gasteiger partial charge is 0.269 e. The standard InChI is InChI=1S/C17H14ClN3O2S/c1-10-3-6-12(18)9-14(10)19-17(22)16-15(20-21-24-16)11-4-7-13(23-2)8-5-11/h3-9H,1-2H3,(H,19,22). The Labute approximate surface area is 148 Å². The molecule has 1 aromatic heterocycles. The first-order valence-electron chi connectivity index (χ1n) is 7.13. The number of amides is 1. The van der Waals surface area contributed by atoms with Crippen LogP contribution in [0.4, 0.5) is 5.69 Å². The van der Waals surface area contributed by atoms with Crippen LogP contribution < -0.4 is 10.1 Å². The number of nitrogens with zero attached hydrogens (tertiary/aromatic N) is 2. The van der Waals surface area contributed by atoms with E-state index >= 15 is 0 Å². The predicted molar refractivity (Wildman–Crippen MR) is 96.0 cm³/mol. The highest BCUT2D eigenvalue weighted by molar-refractivity contribution is 7.08. The number of aromatic nitrogens is 2. The Balaban J connectivity index is 1.88. The monoisotopic (exact) mass is 359 g/mol. The van der Waals surface area contributed by atoms with Gasteiger partial charge < -0.3 is 10.1 Å². The Morgan fingerprint density at radius 3 is 2.67 bits per heavy atom. The van der Waals surface area contributed by atoms with Crippen molar-refractivity contribution in [1.29, 1.82) is 0 Å². The maximum Gasteiger partial charge on any atom is 0.269 e. The summed E-state index contributed by atoms with van der Waals surface area (Å²) in [7, 11) is 1.60. The molecule has 0 aliphatic heterocycles. The van der Waals surface area contributed by atoms with Gasteiger partial charge in [0.1, 0.15) is 16.3 Å². The van der Waals surface area contributed by atoms with Gasteiger partial charge in [-0.1, -0.05) is 22.2 Å². The number of nitrogens with one attached hydrogen (secondary N) is 1. The SMILES string of the molecule is COc1ccc(-c2nnsc2C(=O)Nc2cc(Cl)ccc2C)cc1. The number of hydrogen-bond donors (Lipinski definition) is 1. The highest BCUT2D eigenvalue weighted by Crippen LogP contribution is 2.27. The number of carbonyl (C=O) groups is 1. The minimum atomic E-state index is -0.263. The van der Waals surface area contributed by atoms with Gasteiger partial charge in [0, 0.05) is 16.3 Å². The van der Waals surface area contributed by atoms with Crippen molar-refractivity contribution in [3.63, 3.8) is 0 Å². The normalized spacial score (nSPS) is 10.5. The van der Waals surface area contributed by atoms with Crippen molar-refractivity contribution >= 4 is 34.7 Å². The van der Waals surface area contributed by atoms with Crippen LogP contribution in [0.15, 0.2) is 42.5 Å². The number of carbonyl (C=O) groups excluding carboxylic acids is 1. The van der Waals surface area contributed by atoms with Crippen molar-refractivity contribution in [2.45, 2.75) is 6.92 Å². The van der Waals surface area contributed by atoms with E-state index in [1.54, 1.807) is 19.2 Å². The molecule has 7 heteroatoms. The quantitative estimate of drug-likeness (QED) is 0.748. The van der Waals surface area contributed by atoms with Gasteiger partial charge in [-0.15, -0.1) is 5.10 Å². The summed E-state index contributed by atoms with van der Waals surface area (Å²) in [6.07, 6.45) is 0. The molecule has 0 radical (unpaired) electrons. The van der Waals surface area contributed by atoms with Gasteiger partial charge in [0.2, 0.25) is 0 Å². The molecular formula is C17H14ClN3O2S. The van der Waals surface area contributed by atoms with Crippen LogP contribution >= 0.6 is 23.1 Å². The van der Waals surface area contributed by atoms with Crippen molar-refractivity contribution < 1.29 is 9.53 Å². The van der Waals surface area contributed by atoms with E-state index in [4.69, 9.17) is 16.3 Å². The predicted octanol–water partition coefficient (Wildman–Crippen LogP) is 4.43. The van der Waals surface area contributed by atoms with Gasteiger partial charge in [-0.05, 0) is 60.4 Å². The maximum absolute atomic E-state index is 12.6. The van der Waals surface area contributed by atoms with Gasteiger partial charge >= 0.3 is 0 Å². The second-order valence-electron chi connectivity index (χ2n) is 5.09. The molecule has 3 rings (SSSR count). The third kappa shape index (κ3) is 3.39. The van der Waals surface area contributed by atoms with Crippen LogP contribution in [0.3, 0.4) is 0 Å². The van der Waals surface area contributed by atoms with E-state index in [2.05, 4.69) is 14.9 Å². The summed E-state index contributed by atoms with van der Waals surface area (Å²) in [5, 5.41) is 7.52. The number of halogens is 1. The van der Waals surface area contributed by atoms with E-state index in [-0.39, 0.29) is 5.91 Å². The molecule has 0 spiro atoms. The molecule has 0 aliphatic rings. The summed E-state index contributed by atoms with van der Waals surface area (Å²) >= 11 is 7.05. The van der Waals surface area contributed by atoms with E-state index < -0.39 is 0 Å².